The maximum absolute atomic E-state index is 12.3. The van der Waals surface area contributed by atoms with Crippen LogP contribution in [0.3, 0.4) is 0 Å². The minimum absolute atomic E-state index is 0.194. The summed E-state index contributed by atoms with van der Waals surface area (Å²) in [7, 11) is 0. The first kappa shape index (κ1) is 18.3. The largest absolute Gasteiger partial charge is 0.486 e. The van der Waals surface area contributed by atoms with E-state index in [2.05, 4.69) is 5.32 Å². The minimum atomic E-state index is -0.872. The lowest BCUT2D eigenvalue weighted by atomic mass is 9.90. The fraction of sp³-hybridized carbons (Fsp3) is 0.368. The molecule has 6 nitrogen and oxygen atoms in total. The maximum atomic E-state index is 12.3. The molecule has 0 atom stereocenters. The Bertz CT molecular complexity index is 827. The molecule has 0 saturated carbocycles. The monoisotopic (exact) mass is 375 g/mol. The van der Waals surface area contributed by atoms with Crippen molar-refractivity contribution in [2.45, 2.75) is 20.3 Å². The number of hydrogen-bond acceptors (Lipinski definition) is 5. The summed E-state index contributed by atoms with van der Waals surface area (Å²) in [6, 6.07) is 9.39. The Hall–Kier alpha value is -2.54. The van der Waals surface area contributed by atoms with Crippen LogP contribution in [0.2, 0.25) is 0 Å². The molecular weight excluding hydrogens is 354 g/mol. The Balaban J connectivity index is 1.64. The van der Waals surface area contributed by atoms with Gasteiger partial charge in [0.1, 0.15) is 13.2 Å². The van der Waals surface area contributed by atoms with Gasteiger partial charge < -0.3 is 19.9 Å². The number of ether oxygens (including phenoxy) is 2. The molecule has 3 rings (SSSR count). The quantitative estimate of drug-likeness (QED) is 0.808. The average molecular weight is 375 g/mol. The molecule has 0 unspecified atom stereocenters. The zero-order chi connectivity index (χ0) is 18.7. The summed E-state index contributed by atoms with van der Waals surface area (Å²) in [5, 5.41) is 11.9. The van der Waals surface area contributed by atoms with Gasteiger partial charge in [0.15, 0.2) is 11.5 Å². The van der Waals surface area contributed by atoms with E-state index in [9.17, 15) is 9.59 Å². The molecule has 1 aromatic heterocycles. The summed E-state index contributed by atoms with van der Waals surface area (Å²) in [6.45, 7) is 4.68. The first-order valence-electron chi connectivity index (χ1n) is 8.38. The normalized spacial score (nSPS) is 13.3. The van der Waals surface area contributed by atoms with Gasteiger partial charge in [-0.3, -0.25) is 9.59 Å². The molecule has 0 radical (unpaired) electrons. The molecule has 0 aliphatic carbocycles. The summed E-state index contributed by atoms with van der Waals surface area (Å²) in [4.78, 5) is 24.9. The number of amides is 1. The van der Waals surface area contributed by atoms with Gasteiger partial charge in [0.05, 0.1) is 10.3 Å². The Labute approximate surface area is 155 Å². The van der Waals surface area contributed by atoms with Crippen molar-refractivity contribution in [2.24, 2.45) is 5.41 Å². The average Bonchev–Trinajstić information content (AvgIpc) is 3.11. The predicted octanol–water partition coefficient (Wildman–Crippen LogP) is 3.42. The summed E-state index contributed by atoms with van der Waals surface area (Å²) >= 11 is 1.38. The first-order chi connectivity index (χ1) is 12.4. The van der Waals surface area contributed by atoms with E-state index in [-0.39, 0.29) is 5.91 Å². The highest BCUT2D eigenvalue weighted by Gasteiger charge is 2.26. The van der Waals surface area contributed by atoms with Crippen LogP contribution in [0.25, 0.3) is 10.4 Å². The van der Waals surface area contributed by atoms with Gasteiger partial charge in [-0.25, -0.2) is 0 Å². The van der Waals surface area contributed by atoms with E-state index in [1.54, 1.807) is 19.9 Å². The third-order valence-corrected chi connectivity index (χ3v) is 5.40. The van der Waals surface area contributed by atoms with Crippen LogP contribution in [0, 0.1) is 5.41 Å². The lowest BCUT2D eigenvalue weighted by Crippen LogP contribution is -2.31. The highest BCUT2D eigenvalue weighted by atomic mass is 32.1. The smallest absolute Gasteiger partial charge is 0.309 e. The van der Waals surface area contributed by atoms with Crippen LogP contribution in [0.4, 0.5) is 0 Å². The van der Waals surface area contributed by atoms with Crippen molar-refractivity contribution in [3.63, 3.8) is 0 Å². The number of carboxylic acid groups (broad SMARTS) is 1. The molecule has 0 spiro atoms. The number of aliphatic carboxylic acids is 1. The molecule has 26 heavy (non-hydrogen) atoms. The van der Waals surface area contributed by atoms with Crippen molar-refractivity contribution in [2.75, 3.05) is 19.8 Å². The lowest BCUT2D eigenvalue weighted by molar-refractivity contribution is -0.147. The van der Waals surface area contributed by atoms with Crippen LogP contribution >= 0.6 is 11.3 Å². The van der Waals surface area contributed by atoms with Crippen molar-refractivity contribution in [3.05, 3.63) is 35.2 Å². The van der Waals surface area contributed by atoms with E-state index in [1.807, 2.05) is 24.3 Å². The van der Waals surface area contributed by atoms with Gasteiger partial charge >= 0.3 is 5.97 Å². The fourth-order valence-corrected chi connectivity index (χ4v) is 3.41. The van der Waals surface area contributed by atoms with Crippen LogP contribution < -0.4 is 14.8 Å². The SMILES string of the molecule is CC(C)(CCNC(=O)c1ccc(-c2ccc3c(c2)OCCO3)s1)C(=O)O. The molecular formula is C19H21NO5S. The van der Waals surface area contributed by atoms with E-state index in [4.69, 9.17) is 14.6 Å². The molecule has 1 amide bonds. The molecule has 2 aromatic rings. The second-order valence-corrected chi connectivity index (χ2v) is 7.80. The molecule has 1 aliphatic rings. The van der Waals surface area contributed by atoms with Crippen LogP contribution in [0.5, 0.6) is 11.5 Å². The molecule has 2 N–H and O–H groups in total. The molecule has 0 bridgehead atoms. The topological polar surface area (TPSA) is 84.9 Å². The lowest BCUT2D eigenvalue weighted by Gasteiger charge is -2.18. The van der Waals surface area contributed by atoms with Crippen molar-refractivity contribution < 1.29 is 24.2 Å². The molecule has 1 aromatic carbocycles. The number of nitrogens with one attached hydrogen (secondary N) is 1. The maximum Gasteiger partial charge on any atom is 0.309 e. The molecule has 7 heteroatoms. The van der Waals surface area contributed by atoms with Crippen LogP contribution in [-0.4, -0.2) is 36.7 Å². The summed E-state index contributed by atoms with van der Waals surface area (Å²) < 4.78 is 11.1. The summed E-state index contributed by atoms with van der Waals surface area (Å²) in [6.07, 6.45) is 0.370. The van der Waals surface area contributed by atoms with Crippen LogP contribution in [-0.2, 0) is 4.79 Å². The highest BCUT2D eigenvalue weighted by Crippen LogP contribution is 2.36. The number of hydrogen-bond donors (Lipinski definition) is 2. The van der Waals surface area contributed by atoms with Crippen molar-refractivity contribution in [1.82, 2.24) is 5.32 Å². The molecule has 138 valence electrons. The van der Waals surface area contributed by atoms with E-state index in [0.717, 1.165) is 16.2 Å². The predicted molar refractivity (Wildman–Crippen MR) is 99.1 cm³/mol. The van der Waals surface area contributed by atoms with Crippen molar-refractivity contribution in [1.29, 1.82) is 0 Å². The zero-order valence-electron chi connectivity index (χ0n) is 14.7. The summed E-state index contributed by atoms with van der Waals surface area (Å²) in [5.41, 5.74) is 0.101. The third kappa shape index (κ3) is 3.99. The van der Waals surface area contributed by atoms with Gasteiger partial charge in [-0.05, 0) is 56.2 Å². The molecule has 0 saturated heterocycles. The first-order valence-corrected chi connectivity index (χ1v) is 9.20. The Morgan fingerprint density at radius 3 is 2.62 bits per heavy atom. The molecule has 1 aliphatic heterocycles. The van der Waals surface area contributed by atoms with E-state index >= 15 is 0 Å². The number of carbonyl (C=O) groups excluding carboxylic acids is 1. The van der Waals surface area contributed by atoms with Crippen LogP contribution in [0.1, 0.15) is 29.9 Å². The van der Waals surface area contributed by atoms with Gasteiger partial charge in [-0.2, -0.15) is 0 Å². The van der Waals surface area contributed by atoms with E-state index in [0.29, 0.717) is 36.8 Å². The molecule has 2 heterocycles. The standard InChI is InChI=1S/C19H21NO5S/c1-19(2,18(22)23)7-8-20-17(21)16-6-5-15(26-16)12-3-4-13-14(11-12)25-10-9-24-13/h3-6,11H,7-10H2,1-2H3,(H,20,21)(H,22,23). The van der Waals surface area contributed by atoms with E-state index < -0.39 is 11.4 Å². The summed E-state index contributed by atoms with van der Waals surface area (Å²) in [5.74, 6) is 0.378. The van der Waals surface area contributed by atoms with Gasteiger partial charge in [0.2, 0.25) is 0 Å². The van der Waals surface area contributed by atoms with Gasteiger partial charge in [-0.15, -0.1) is 11.3 Å². The van der Waals surface area contributed by atoms with Gasteiger partial charge in [0, 0.05) is 11.4 Å². The van der Waals surface area contributed by atoms with Crippen LogP contribution in [0.15, 0.2) is 30.3 Å². The van der Waals surface area contributed by atoms with Crippen molar-refractivity contribution in [3.8, 4) is 21.9 Å². The van der Waals surface area contributed by atoms with Gasteiger partial charge in [-0.1, -0.05) is 0 Å². The molecule has 0 fully saturated rings. The number of thiophene rings is 1. The number of carboxylic acids is 1. The fourth-order valence-electron chi connectivity index (χ4n) is 2.49. The van der Waals surface area contributed by atoms with Crippen molar-refractivity contribution >= 4 is 23.2 Å². The minimum Gasteiger partial charge on any atom is -0.486 e. The Morgan fingerprint density at radius 1 is 1.15 bits per heavy atom. The Morgan fingerprint density at radius 2 is 1.88 bits per heavy atom. The second-order valence-electron chi connectivity index (χ2n) is 6.72. The van der Waals surface area contributed by atoms with E-state index in [1.165, 1.54) is 11.3 Å². The highest BCUT2D eigenvalue weighted by molar-refractivity contribution is 7.17. The Kier molecular flexibility index (Phi) is 5.18. The third-order valence-electron chi connectivity index (χ3n) is 4.27. The second kappa shape index (κ2) is 7.37. The van der Waals surface area contributed by atoms with Gasteiger partial charge in [0.25, 0.3) is 5.91 Å². The number of carbonyl (C=O) groups is 2. The number of rotatable bonds is 6. The zero-order valence-corrected chi connectivity index (χ0v) is 15.5. The number of fused-ring (bicyclic) bond motifs is 1. The number of benzene rings is 1.